The zero-order chi connectivity index (χ0) is 50.6. The van der Waals surface area contributed by atoms with Gasteiger partial charge in [0.25, 0.3) is 0 Å². The molecule has 1 radical (unpaired) electrons. The molecule has 0 N–H and O–H groups in total. The van der Waals surface area contributed by atoms with Crippen LogP contribution in [0.25, 0.3) is 94.5 Å². The summed E-state index contributed by atoms with van der Waals surface area (Å²) in [7, 11) is -1.34. The summed E-state index contributed by atoms with van der Waals surface area (Å²) in [6.07, 6.45) is 1.92. The van der Waals surface area contributed by atoms with Crippen molar-refractivity contribution in [3.63, 3.8) is 0 Å². The van der Waals surface area contributed by atoms with Crippen molar-refractivity contribution in [2.45, 2.75) is 79.9 Å². The summed E-state index contributed by atoms with van der Waals surface area (Å²) in [5.74, 6) is 1.24. The van der Waals surface area contributed by atoms with Gasteiger partial charge in [-0.05, 0) is 88.1 Å². The van der Waals surface area contributed by atoms with Gasteiger partial charge < -0.3 is 14.0 Å². The molecule has 4 heterocycles. The Morgan fingerprint density at radius 3 is 1.94 bits per heavy atom. The SMILES string of the molecule is Cc1ccc(-c2ccc3c(c2)oc2c(-c4nc5nc(C)c6ccccc6c5n4-c4c(C(C)C)cc(-c5ccccc5)cc4C(C)C)[c-]ccc23)cc1.[2H]C([2H])([2H])c1c[c-]c(-c2ccc([Si](C)(C)C)cn2)cc1.[Ir]. The summed E-state index contributed by atoms with van der Waals surface area (Å²) < 4.78 is 31.3. The van der Waals surface area contributed by atoms with Crippen LogP contribution in [0.3, 0.4) is 0 Å². The summed E-state index contributed by atoms with van der Waals surface area (Å²) in [5.41, 5.74) is 16.7. The standard InChI is InChI=1S/C48H40N3O.C15H18NSi.Ir/c1-28(2)41-25-35(32-13-8-7-9-14-32)26-42(29(3)4)44(41)51-45-38-16-11-10-15-36(38)31(6)49-47(45)50-48(51)40-18-12-17-39-37-24-23-34(27-43(37)52-46(39)40)33-21-19-30(5)20-22-33;1-12-5-7-13(8-6-12)15-10-9-14(11-16-15)17(2,3)4;/h7-17,19-29H,1-6H3;5-7,9-11H,1-4H3;/q2*-1;/i;1D3;. The molecule has 70 heavy (non-hydrogen) atoms. The molecule has 11 aromatic rings. The van der Waals surface area contributed by atoms with E-state index in [2.05, 4.69) is 204 Å². The Labute approximate surface area is 431 Å². The fourth-order valence-corrected chi connectivity index (χ4v) is 10.4. The molecule has 0 fully saturated rings. The third-order valence-electron chi connectivity index (χ3n) is 13.2. The Kier molecular flexibility index (Phi) is 12.4. The van der Waals surface area contributed by atoms with E-state index >= 15 is 0 Å². The molecular formula is C63H58IrN4OSi-2. The van der Waals surface area contributed by atoms with Gasteiger partial charge in [-0.2, -0.15) is 0 Å². The number of pyridine rings is 2. The van der Waals surface area contributed by atoms with Crippen LogP contribution in [0.2, 0.25) is 19.6 Å². The minimum absolute atomic E-state index is 0. The average Bonchev–Trinajstić information content (AvgIpc) is 3.94. The maximum absolute atomic E-state index is 7.35. The summed E-state index contributed by atoms with van der Waals surface area (Å²) in [4.78, 5) is 15.0. The Balaban J connectivity index is 0.000000264. The molecule has 0 aliphatic rings. The number of fused-ring (bicyclic) bond motifs is 6. The van der Waals surface area contributed by atoms with Crippen molar-refractivity contribution >= 4 is 57.1 Å². The molecule has 0 atom stereocenters. The quantitative estimate of drug-likeness (QED) is 0.112. The van der Waals surface area contributed by atoms with Crippen LogP contribution in [-0.4, -0.2) is 27.6 Å². The minimum Gasteiger partial charge on any atom is -0.501 e. The molecule has 5 nitrogen and oxygen atoms in total. The molecule has 0 amide bonds. The maximum Gasteiger partial charge on any atom is 0.169 e. The Hall–Kier alpha value is -6.76. The van der Waals surface area contributed by atoms with E-state index in [0.29, 0.717) is 11.2 Å². The Bertz CT molecular complexity index is 3700. The number of hydrogen-bond donors (Lipinski definition) is 0. The van der Waals surface area contributed by atoms with Gasteiger partial charge in [0.2, 0.25) is 0 Å². The van der Waals surface area contributed by atoms with E-state index in [4.69, 9.17) is 18.5 Å². The topological polar surface area (TPSA) is 56.7 Å². The van der Waals surface area contributed by atoms with Crippen LogP contribution in [0, 0.1) is 32.8 Å². The predicted molar refractivity (Wildman–Crippen MR) is 293 cm³/mol. The van der Waals surface area contributed by atoms with Crippen LogP contribution in [0.15, 0.2) is 162 Å². The normalized spacial score (nSPS) is 12.5. The van der Waals surface area contributed by atoms with E-state index in [1.54, 1.807) is 12.1 Å². The number of nitrogens with zero attached hydrogens (tertiary/aromatic N) is 4. The van der Waals surface area contributed by atoms with E-state index in [1.165, 1.54) is 39.1 Å². The largest absolute Gasteiger partial charge is 0.501 e. The van der Waals surface area contributed by atoms with Crippen LogP contribution >= 0.6 is 0 Å². The number of furan rings is 1. The molecule has 0 saturated carbocycles. The molecular weight excluding hydrogens is 1050 g/mol. The number of imidazole rings is 1. The molecule has 0 bridgehead atoms. The van der Waals surface area contributed by atoms with Crippen molar-refractivity contribution in [2.24, 2.45) is 0 Å². The van der Waals surface area contributed by atoms with Gasteiger partial charge in [-0.3, -0.25) is 4.98 Å². The Morgan fingerprint density at radius 1 is 0.629 bits per heavy atom. The van der Waals surface area contributed by atoms with Gasteiger partial charge in [0.15, 0.2) is 5.65 Å². The second-order valence-corrected chi connectivity index (χ2v) is 24.9. The summed E-state index contributed by atoms with van der Waals surface area (Å²) in [6, 6.07) is 58.9. The van der Waals surface area contributed by atoms with Gasteiger partial charge in [-0.1, -0.05) is 174 Å². The zero-order valence-electron chi connectivity index (χ0n) is 44.2. The molecule has 11 rings (SSSR count). The Morgan fingerprint density at radius 2 is 1.30 bits per heavy atom. The molecule has 0 spiro atoms. The molecule has 0 aliphatic heterocycles. The smallest absolute Gasteiger partial charge is 0.169 e. The number of rotatable bonds is 8. The van der Waals surface area contributed by atoms with Gasteiger partial charge in [0, 0.05) is 58.0 Å². The van der Waals surface area contributed by atoms with Crippen LogP contribution in [0.4, 0.5) is 0 Å². The second kappa shape index (κ2) is 19.6. The van der Waals surface area contributed by atoms with Crippen molar-refractivity contribution in [2.75, 3.05) is 0 Å². The zero-order valence-corrected chi connectivity index (χ0v) is 44.6. The first kappa shape index (κ1) is 44.4. The van der Waals surface area contributed by atoms with Crippen LogP contribution in [0.1, 0.15) is 71.6 Å². The van der Waals surface area contributed by atoms with Crippen LogP contribution in [-0.2, 0) is 20.1 Å². The van der Waals surface area contributed by atoms with Crippen LogP contribution < -0.4 is 5.19 Å². The van der Waals surface area contributed by atoms with E-state index in [1.807, 2.05) is 18.3 Å². The first-order chi connectivity index (χ1) is 34.4. The number of benzene rings is 7. The molecule has 7 heteroatoms. The predicted octanol–water partition coefficient (Wildman–Crippen LogP) is 16.5. The molecule has 351 valence electrons. The van der Waals surface area contributed by atoms with E-state index in [0.717, 1.165) is 83.4 Å². The first-order valence-corrected chi connectivity index (χ1v) is 27.4. The number of aryl methyl sites for hydroxylation is 3. The van der Waals surface area contributed by atoms with E-state index in [9.17, 15) is 0 Å². The van der Waals surface area contributed by atoms with Gasteiger partial charge in [0.1, 0.15) is 5.58 Å². The van der Waals surface area contributed by atoms with Gasteiger partial charge in [-0.25, -0.2) is 4.98 Å². The molecule has 4 aromatic heterocycles. The average molecular weight is 1110 g/mol. The minimum atomic E-state index is -2.08. The molecule has 0 unspecified atom stereocenters. The third-order valence-corrected chi connectivity index (χ3v) is 15.2. The van der Waals surface area contributed by atoms with E-state index < -0.39 is 14.9 Å². The van der Waals surface area contributed by atoms with Crippen LogP contribution in [0.5, 0.6) is 0 Å². The second-order valence-electron chi connectivity index (χ2n) is 19.8. The van der Waals surface area contributed by atoms with Crippen molar-refractivity contribution in [3.05, 3.63) is 198 Å². The van der Waals surface area contributed by atoms with E-state index in [-0.39, 0.29) is 31.9 Å². The van der Waals surface area contributed by atoms with Crippen molar-refractivity contribution in [1.82, 2.24) is 19.5 Å². The third kappa shape index (κ3) is 9.22. The van der Waals surface area contributed by atoms with Gasteiger partial charge in [0.05, 0.1) is 25.0 Å². The van der Waals surface area contributed by atoms with Crippen molar-refractivity contribution in [1.29, 1.82) is 0 Å². The molecule has 0 saturated heterocycles. The monoisotopic (exact) mass is 1110 g/mol. The van der Waals surface area contributed by atoms with Gasteiger partial charge >= 0.3 is 0 Å². The molecule has 0 aliphatic carbocycles. The van der Waals surface area contributed by atoms with Crippen molar-refractivity contribution in [3.8, 4) is 50.6 Å². The molecule has 7 aromatic carbocycles. The maximum atomic E-state index is 7.35. The fraction of sp³-hybridized carbons (Fsp3) is 0.190. The van der Waals surface area contributed by atoms with Crippen molar-refractivity contribution < 1.29 is 28.6 Å². The number of hydrogen-bond acceptors (Lipinski definition) is 4. The summed E-state index contributed by atoms with van der Waals surface area (Å²) >= 11 is 0. The summed E-state index contributed by atoms with van der Waals surface area (Å²) in [5, 5.41) is 5.66. The van der Waals surface area contributed by atoms with Gasteiger partial charge in [-0.15, -0.1) is 53.6 Å². The summed E-state index contributed by atoms with van der Waals surface area (Å²) in [6.45, 7) is 18.1. The number of aromatic nitrogens is 4. The first-order valence-electron chi connectivity index (χ1n) is 25.4. The fourth-order valence-electron chi connectivity index (χ4n) is 9.37.